The van der Waals surface area contributed by atoms with Crippen molar-refractivity contribution in [2.24, 2.45) is 7.05 Å². The highest BCUT2D eigenvalue weighted by Gasteiger charge is 2.27. The van der Waals surface area contributed by atoms with Gasteiger partial charge in [0.25, 0.3) is 11.8 Å². The standard InChI is InChI=1S/C28H32N6O3S/c1-16(2)37-21-8-6-20(7-9-21)28(36)34-12-10-19(11-13-34)27-30-22(15-38-27)26(35)31-24-23-17(3)14-18(4)29-25(23)33(5)32-24/h6-9,14-16,19H,10-13H2,1-5H3,(H,31,32,35). The Morgan fingerprint density at radius 1 is 1.11 bits per heavy atom. The number of thiazole rings is 1. The van der Waals surface area contributed by atoms with Crippen LogP contribution in [0.15, 0.2) is 35.7 Å². The number of rotatable bonds is 6. The number of benzene rings is 1. The highest BCUT2D eigenvalue weighted by Crippen LogP contribution is 2.32. The van der Waals surface area contributed by atoms with Gasteiger partial charge in [-0.3, -0.25) is 9.59 Å². The molecule has 0 aliphatic carbocycles. The SMILES string of the molecule is Cc1cc(C)c2c(NC(=O)c3csc(C4CCN(C(=O)c5ccc(OC(C)C)cc5)CC4)n3)nn(C)c2n1. The van der Waals surface area contributed by atoms with Crippen LogP contribution >= 0.6 is 11.3 Å². The second kappa shape index (κ2) is 10.5. The second-order valence-corrected chi connectivity index (χ2v) is 10.9. The Morgan fingerprint density at radius 2 is 1.82 bits per heavy atom. The van der Waals surface area contributed by atoms with E-state index in [9.17, 15) is 9.59 Å². The fraction of sp³-hybridized carbons (Fsp3) is 0.393. The lowest BCUT2D eigenvalue weighted by Crippen LogP contribution is -2.37. The number of nitrogens with zero attached hydrogens (tertiary/aromatic N) is 5. The molecule has 3 aromatic heterocycles. The van der Waals surface area contributed by atoms with E-state index in [4.69, 9.17) is 4.74 Å². The predicted molar refractivity (Wildman–Crippen MR) is 148 cm³/mol. The van der Waals surface area contributed by atoms with Crippen molar-refractivity contribution in [3.8, 4) is 5.75 Å². The van der Waals surface area contributed by atoms with E-state index >= 15 is 0 Å². The molecule has 2 amide bonds. The number of likely N-dealkylation sites (tertiary alicyclic amines) is 1. The van der Waals surface area contributed by atoms with Gasteiger partial charge in [0.15, 0.2) is 11.5 Å². The van der Waals surface area contributed by atoms with E-state index in [1.165, 1.54) is 11.3 Å². The Hall–Kier alpha value is -3.79. The minimum Gasteiger partial charge on any atom is -0.491 e. The van der Waals surface area contributed by atoms with Gasteiger partial charge in [-0.2, -0.15) is 5.10 Å². The number of hydrogen-bond donors (Lipinski definition) is 1. The minimum atomic E-state index is -0.287. The van der Waals surface area contributed by atoms with E-state index in [0.29, 0.717) is 30.2 Å². The van der Waals surface area contributed by atoms with Crippen molar-refractivity contribution < 1.29 is 14.3 Å². The van der Waals surface area contributed by atoms with Crippen LogP contribution in [0.25, 0.3) is 11.0 Å². The number of hydrogen-bond acceptors (Lipinski definition) is 7. The van der Waals surface area contributed by atoms with Crippen LogP contribution in [0.4, 0.5) is 5.82 Å². The number of anilines is 1. The van der Waals surface area contributed by atoms with Crippen LogP contribution in [0.1, 0.15) is 69.7 Å². The Labute approximate surface area is 225 Å². The molecule has 1 aromatic carbocycles. The predicted octanol–water partition coefficient (Wildman–Crippen LogP) is 5.10. The summed E-state index contributed by atoms with van der Waals surface area (Å²) in [6.45, 7) is 9.18. The molecule has 0 bridgehead atoms. The smallest absolute Gasteiger partial charge is 0.276 e. The third-order valence-corrected chi connectivity index (χ3v) is 7.72. The highest BCUT2D eigenvalue weighted by atomic mass is 32.1. The summed E-state index contributed by atoms with van der Waals surface area (Å²) >= 11 is 1.49. The topological polar surface area (TPSA) is 102 Å². The molecule has 0 spiro atoms. The van der Waals surface area contributed by atoms with E-state index in [1.54, 1.807) is 10.1 Å². The first-order chi connectivity index (χ1) is 18.2. The number of nitrogens with one attached hydrogen (secondary N) is 1. The summed E-state index contributed by atoms with van der Waals surface area (Å²) in [5.74, 6) is 1.21. The van der Waals surface area contributed by atoms with Crippen molar-refractivity contribution in [3.63, 3.8) is 0 Å². The average Bonchev–Trinajstić information content (AvgIpc) is 3.49. The third-order valence-electron chi connectivity index (χ3n) is 6.71. The fourth-order valence-corrected chi connectivity index (χ4v) is 5.86. The quantitative estimate of drug-likeness (QED) is 0.371. The molecule has 4 aromatic rings. The monoisotopic (exact) mass is 532 g/mol. The van der Waals surface area contributed by atoms with Gasteiger partial charge >= 0.3 is 0 Å². The molecule has 1 aliphatic rings. The van der Waals surface area contributed by atoms with Crippen molar-refractivity contribution in [1.82, 2.24) is 24.6 Å². The second-order valence-electron chi connectivity index (χ2n) is 10.0. The van der Waals surface area contributed by atoms with Crippen LogP contribution in [0.3, 0.4) is 0 Å². The maximum Gasteiger partial charge on any atom is 0.276 e. The lowest BCUT2D eigenvalue weighted by molar-refractivity contribution is 0.0713. The van der Waals surface area contributed by atoms with Crippen LogP contribution in [0.2, 0.25) is 0 Å². The molecule has 198 valence electrons. The van der Waals surface area contributed by atoms with Gasteiger partial charge in [-0.1, -0.05) is 0 Å². The Kier molecular flexibility index (Phi) is 7.16. The molecule has 1 N–H and O–H groups in total. The van der Waals surface area contributed by atoms with E-state index < -0.39 is 0 Å². The highest BCUT2D eigenvalue weighted by molar-refractivity contribution is 7.10. The van der Waals surface area contributed by atoms with Gasteiger partial charge in [-0.15, -0.1) is 11.3 Å². The molecule has 1 saturated heterocycles. The van der Waals surface area contributed by atoms with Gasteiger partial charge in [0.2, 0.25) is 0 Å². The lowest BCUT2D eigenvalue weighted by Gasteiger charge is -2.31. The maximum absolute atomic E-state index is 13.0. The number of aryl methyl sites for hydroxylation is 3. The van der Waals surface area contributed by atoms with Gasteiger partial charge in [0, 0.05) is 42.7 Å². The number of piperidine rings is 1. The lowest BCUT2D eigenvalue weighted by atomic mass is 9.97. The maximum atomic E-state index is 13.0. The van der Waals surface area contributed by atoms with Crippen LogP contribution in [0, 0.1) is 13.8 Å². The summed E-state index contributed by atoms with van der Waals surface area (Å²) in [4.78, 5) is 37.1. The summed E-state index contributed by atoms with van der Waals surface area (Å²) in [6, 6.07) is 9.31. The van der Waals surface area contributed by atoms with Crippen molar-refractivity contribution in [2.45, 2.75) is 52.6 Å². The summed E-state index contributed by atoms with van der Waals surface area (Å²) in [6.07, 6.45) is 1.71. The third kappa shape index (κ3) is 5.26. The molecule has 0 radical (unpaired) electrons. The number of amides is 2. The van der Waals surface area contributed by atoms with Gasteiger partial charge in [0.05, 0.1) is 16.5 Å². The number of aromatic nitrogens is 4. The first-order valence-corrected chi connectivity index (χ1v) is 13.7. The molecular weight excluding hydrogens is 500 g/mol. The number of carbonyl (C=O) groups excluding carboxylic acids is 2. The van der Waals surface area contributed by atoms with Crippen LogP contribution in [-0.2, 0) is 7.05 Å². The number of carbonyl (C=O) groups is 2. The van der Waals surface area contributed by atoms with Crippen molar-refractivity contribution in [2.75, 3.05) is 18.4 Å². The zero-order valence-electron chi connectivity index (χ0n) is 22.3. The average molecular weight is 533 g/mol. The number of ether oxygens (including phenoxy) is 1. The van der Waals surface area contributed by atoms with Crippen LogP contribution < -0.4 is 10.1 Å². The van der Waals surface area contributed by atoms with E-state index in [0.717, 1.165) is 45.9 Å². The van der Waals surface area contributed by atoms with Gasteiger partial charge < -0.3 is 15.0 Å². The van der Waals surface area contributed by atoms with E-state index in [1.807, 2.05) is 70.0 Å². The van der Waals surface area contributed by atoms with Gasteiger partial charge in [0.1, 0.15) is 11.4 Å². The van der Waals surface area contributed by atoms with Crippen molar-refractivity contribution >= 4 is 40.0 Å². The Morgan fingerprint density at radius 3 is 2.50 bits per heavy atom. The molecule has 4 heterocycles. The first kappa shape index (κ1) is 25.8. The Bertz CT molecular complexity index is 1480. The number of fused-ring (bicyclic) bond motifs is 1. The van der Waals surface area contributed by atoms with E-state index in [-0.39, 0.29) is 23.8 Å². The zero-order valence-corrected chi connectivity index (χ0v) is 23.1. The molecule has 0 atom stereocenters. The molecule has 10 heteroatoms. The van der Waals surface area contributed by atoms with Gasteiger partial charge in [-0.05, 0) is 76.4 Å². The summed E-state index contributed by atoms with van der Waals surface area (Å²) in [7, 11) is 1.82. The largest absolute Gasteiger partial charge is 0.491 e. The Balaban J connectivity index is 1.21. The molecule has 0 unspecified atom stereocenters. The van der Waals surface area contributed by atoms with Gasteiger partial charge in [-0.25, -0.2) is 14.6 Å². The molecule has 1 aliphatic heterocycles. The summed E-state index contributed by atoms with van der Waals surface area (Å²) < 4.78 is 7.35. The van der Waals surface area contributed by atoms with Crippen molar-refractivity contribution in [3.05, 3.63) is 63.2 Å². The minimum absolute atomic E-state index is 0.0290. The normalized spacial score (nSPS) is 14.3. The van der Waals surface area contributed by atoms with E-state index in [2.05, 4.69) is 20.4 Å². The van der Waals surface area contributed by atoms with Crippen molar-refractivity contribution in [1.29, 1.82) is 0 Å². The molecule has 38 heavy (non-hydrogen) atoms. The van der Waals surface area contributed by atoms with Crippen LogP contribution in [-0.4, -0.2) is 55.7 Å². The summed E-state index contributed by atoms with van der Waals surface area (Å²) in [5.41, 5.74) is 3.69. The molecule has 5 rings (SSSR count). The molecule has 0 saturated carbocycles. The summed E-state index contributed by atoms with van der Waals surface area (Å²) in [5, 5.41) is 11.0. The zero-order chi connectivity index (χ0) is 27.0. The molecular formula is C28H32N6O3S. The fourth-order valence-electron chi connectivity index (χ4n) is 4.89. The molecule has 1 fully saturated rings. The number of pyridine rings is 1. The first-order valence-electron chi connectivity index (χ1n) is 12.8. The van der Waals surface area contributed by atoms with Crippen LogP contribution in [0.5, 0.6) is 5.75 Å². The molecule has 9 nitrogen and oxygen atoms in total.